The Balaban J connectivity index is 1.98. The van der Waals surface area contributed by atoms with Gasteiger partial charge in [-0.05, 0) is 58.2 Å². The maximum absolute atomic E-state index is 12.6. The van der Waals surface area contributed by atoms with Crippen molar-refractivity contribution < 1.29 is 24.2 Å². The van der Waals surface area contributed by atoms with Crippen molar-refractivity contribution in [3.63, 3.8) is 0 Å². The Bertz CT molecular complexity index is 777. The van der Waals surface area contributed by atoms with Gasteiger partial charge in [-0.15, -0.1) is 0 Å². The highest BCUT2D eigenvalue weighted by Crippen LogP contribution is 2.54. The Morgan fingerprint density at radius 2 is 2.07 bits per heavy atom. The number of phenols is 1. The lowest BCUT2D eigenvalue weighted by atomic mass is 9.66. The van der Waals surface area contributed by atoms with Gasteiger partial charge in [-0.1, -0.05) is 13.3 Å². The molecule has 1 aliphatic carbocycles. The number of esters is 1. The first-order chi connectivity index (χ1) is 13.1. The standard InChI is InChI=1S/C23H32O5/c1-6-7-10-27-21(26)22(2,3)14-11-18(25)20-16-13-15(24)8-9-17(16)23(4,5)28-19(20)12-14/h11-12,16-17,25H,6-10,13H2,1-5H3. The molecule has 1 aromatic carbocycles. The van der Waals surface area contributed by atoms with Crippen LogP contribution >= 0.6 is 0 Å². The maximum Gasteiger partial charge on any atom is 0.315 e. The first-order valence-electron chi connectivity index (χ1n) is 10.3. The summed E-state index contributed by atoms with van der Waals surface area (Å²) in [7, 11) is 0. The molecule has 0 radical (unpaired) electrons. The number of fused-ring (bicyclic) bond motifs is 3. The fraction of sp³-hybridized carbons (Fsp3) is 0.652. The first-order valence-corrected chi connectivity index (χ1v) is 10.3. The van der Waals surface area contributed by atoms with Crippen LogP contribution in [0.25, 0.3) is 0 Å². The van der Waals surface area contributed by atoms with Gasteiger partial charge in [0, 0.05) is 30.2 Å². The van der Waals surface area contributed by atoms with Crippen LogP contribution in [0.1, 0.15) is 83.8 Å². The highest BCUT2D eigenvalue weighted by Gasteiger charge is 2.48. The average Bonchev–Trinajstić information content (AvgIpc) is 2.60. The van der Waals surface area contributed by atoms with Crippen LogP contribution in [0.2, 0.25) is 0 Å². The molecule has 0 bridgehead atoms. The molecule has 154 valence electrons. The molecular formula is C23H32O5. The second-order valence-electron chi connectivity index (χ2n) is 9.22. The van der Waals surface area contributed by atoms with Gasteiger partial charge in [-0.25, -0.2) is 0 Å². The highest BCUT2D eigenvalue weighted by molar-refractivity contribution is 5.83. The molecule has 5 heteroatoms. The fourth-order valence-electron chi connectivity index (χ4n) is 4.54. The van der Waals surface area contributed by atoms with E-state index < -0.39 is 11.0 Å². The van der Waals surface area contributed by atoms with E-state index in [0.717, 1.165) is 19.3 Å². The number of Topliss-reactive ketones (excluding diaryl/α,β-unsaturated/α-hetero) is 1. The Kier molecular flexibility index (Phi) is 5.48. The number of ether oxygens (including phenoxy) is 2. The minimum Gasteiger partial charge on any atom is -0.508 e. The molecule has 2 atom stereocenters. The van der Waals surface area contributed by atoms with E-state index in [4.69, 9.17) is 9.47 Å². The van der Waals surface area contributed by atoms with E-state index >= 15 is 0 Å². The molecule has 2 unspecified atom stereocenters. The van der Waals surface area contributed by atoms with E-state index in [9.17, 15) is 14.7 Å². The molecule has 1 heterocycles. The third kappa shape index (κ3) is 3.63. The molecule has 1 fully saturated rings. The lowest BCUT2D eigenvalue weighted by molar-refractivity contribution is -0.149. The van der Waals surface area contributed by atoms with Crippen molar-refractivity contribution in [2.24, 2.45) is 5.92 Å². The lowest BCUT2D eigenvalue weighted by Gasteiger charge is -2.47. The monoisotopic (exact) mass is 388 g/mol. The first kappa shape index (κ1) is 20.7. The second-order valence-corrected chi connectivity index (χ2v) is 9.22. The third-order valence-corrected chi connectivity index (χ3v) is 6.39. The number of hydrogen-bond donors (Lipinski definition) is 1. The van der Waals surface area contributed by atoms with Crippen LogP contribution in [0.15, 0.2) is 12.1 Å². The van der Waals surface area contributed by atoms with Crippen LogP contribution in [-0.4, -0.2) is 29.1 Å². The van der Waals surface area contributed by atoms with Crippen LogP contribution in [0.5, 0.6) is 11.5 Å². The summed E-state index contributed by atoms with van der Waals surface area (Å²) in [4.78, 5) is 24.7. The van der Waals surface area contributed by atoms with Crippen molar-refractivity contribution in [2.75, 3.05) is 6.61 Å². The Morgan fingerprint density at radius 1 is 1.36 bits per heavy atom. The van der Waals surface area contributed by atoms with Gasteiger partial charge in [0.25, 0.3) is 0 Å². The Hall–Kier alpha value is -2.04. The number of phenolic OH excluding ortho intramolecular Hbond substituents is 1. The maximum atomic E-state index is 12.6. The topological polar surface area (TPSA) is 72.8 Å². The number of carbonyl (C=O) groups is 2. The van der Waals surface area contributed by atoms with Gasteiger partial charge in [-0.2, -0.15) is 0 Å². The normalized spacial score (nSPS) is 23.4. The third-order valence-electron chi connectivity index (χ3n) is 6.39. The number of hydrogen-bond acceptors (Lipinski definition) is 5. The van der Waals surface area contributed by atoms with E-state index in [2.05, 4.69) is 0 Å². The van der Waals surface area contributed by atoms with Crippen molar-refractivity contribution >= 4 is 11.8 Å². The quantitative estimate of drug-likeness (QED) is 0.588. The minimum absolute atomic E-state index is 0.0475. The predicted molar refractivity (Wildman–Crippen MR) is 107 cm³/mol. The lowest BCUT2D eigenvalue weighted by Crippen LogP contribution is -2.47. The van der Waals surface area contributed by atoms with Crippen LogP contribution < -0.4 is 4.74 Å². The predicted octanol–water partition coefficient (Wildman–Crippen LogP) is 4.64. The summed E-state index contributed by atoms with van der Waals surface area (Å²) in [6.07, 6.45) is 3.55. The van der Waals surface area contributed by atoms with Gasteiger partial charge in [0.05, 0.1) is 12.0 Å². The molecular weight excluding hydrogens is 356 g/mol. The van der Waals surface area contributed by atoms with Crippen molar-refractivity contribution in [3.05, 3.63) is 23.3 Å². The van der Waals surface area contributed by atoms with E-state index in [1.54, 1.807) is 19.9 Å². The number of ketones is 1. The molecule has 28 heavy (non-hydrogen) atoms. The fourth-order valence-corrected chi connectivity index (χ4v) is 4.54. The van der Waals surface area contributed by atoms with E-state index in [1.165, 1.54) is 0 Å². The van der Waals surface area contributed by atoms with Gasteiger partial charge in [0.1, 0.15) is 22.9 Å². The van der Waals surface area contributed by atoms with Crippen LogP contribution in [0, 0.1) is 5.92 Å². The molecule has 1 aromatic rings. The molecule has 1 saturated carbocycles. The summed E-state index contributed by atoms with van der Waals surface area (Å²) in [6.45, 7) is 10.1. The van der Waals surface area contributed by atoms with Crippen molar-refractivity contribution in [2.45, 2.75) is 83.7 Å². The zero-order valence-corrected chi connectivity index (χ0v) is 17.6. The molecule has 5 nitrogen and oxygen atoms in total. The second kappa shape index (κ2) is 7.41. The Morgan fingerprint density at radius 3 is 2.75 bits per heavy atom. The summed E-state index contributed by atoms with van der Waals surface area (Å²) >= 11 is 0. The highest BCUT2D eigenvalue weighted by atomic mass is 16.5. The number of unbranched alkanes of at least 4 members (excludes halogenated alkanes) is 1. The molecule has 2 aliphatic rings. The van der Waals surface area contributed by atoms with Crippen LogP contribution in [0.3, 0.4) is 0 Å². The number of rotatable bonds is 5. The number of benzene rings is 1. The smallest absolute Gasteiger partial charge is 0.315 e. The summed E-state index contributed by atoms with van der Waals surface area (Å²) in [5.41, 5.74) is 0.0141. The van der Waals surface area contributed by atoms with Gasteiger partial charge in [0.15, 0.2) is 0 Å². The van der Waals surface area contributed by atoms with Crippen LogP contribution in [-0.2, 0) is 19.7 Å². The van der Waals surface area contributed by atoms with Gasteiger partial charge in [0.2, 0.25) is 0 Å². The van der Waals surface area contributed by atoms with Crippen LogP contribution in [0.4, 0.5) is 0 Å². The average molecular weight is 389 g/mol. The summed E-state index contributed by atoms with van der Waals surface area (Å²) in [5, 5.41) is 10.8. The number of carbonyl (C=O) groups excluding carboxylic acids is 2. The molecule has 0 saturated heterocycles. The molecule has 1 aliphatic heterocycles. The SMILES string of the molecule is CCCCOC(=O)C(C)(C)c1cc(O)c2c(c1)OC(C)(C)C1CCC(=O)CC21. The number of aromatic hydroxyl groups is 1. The summed E-state index contributed by atoms with van der Waals surface area (Å²) in [5.74, 6) is 0.719. The van der Waals surface area contributed by atoms with Crippen molar-refractivity contribution in [1.29, 1.82) is 0 Å². The van der Waals surface area contributed by atoms with Crippen molar-refractivity contribution in [3.8, 4) is 11.5 Å². The zero-order valence-electron chi connectivity index (χ0n) is 17.6. The van der Waals surface area contributed by atoms with E-state index in [0.29, 0.717) is 36.3 Å². The summed E-state index contributed by atoms with van der Waals surface area (Å²) < 4.78 is 11.7. The van der Waals surface area contributed by atoms with Gasteiger partial charge >= 0.3 is 5.97 Å². The Labute approximate surface area is 167 Å². The summed E-state index contributed by atoms with van der Waals surface area (Å²) in [6, 6.07) is 3.48. The van der Waals surface area contributed by atoms with E-state index in [1.807, 2.05) is 26.8 Å². The molecule has 1 N–H and O–H groups in total. The van der Waals surface area contributed by atoms with E-state index in [-0.39, 0.29) is 29.3 Å². The molecule has 3 rings (SSSR count). The largest absolute Gasteiger partial charge is 0.508 e. The molecule has 0 spiro atoms. The minimum atomic E-state index is -0.910. The van der Waals surface area contributed by atoms with Gasteiger partial charge in [-0.3, -0.25) is 9.59 Å². The van der Waals surface area contributed by atoms with Crippen molar-refractivity contribution in [1.82, 2.24) is 0 Å². The van der Waals surface area contributed by atoms with Gasteiger partial charge < -0.3 is 14.6 Å². The zero-order chi connectivity index (χ0) is 20.7. The molecule has 0 aromatic heterocycles. The molecule has 0 amide bonds.